The first-order valence-corrected chi connectivity index (χ1v) is 7.29. The fraction of sp³-hybridized carbons (Fsp3) is 0.471. The molecule has 2 fully saturated rings. The number of carbonyl (C=O) groups is 1. The molecule has 0 amide bonds. The molecule has 0 aromatic heterocycles. The summed E-state index contributed by atoms with van der Waals surface area (Å²) in [6.07, 6.45) is 3.65. The molecule has 2 atom stereocenters. The van der Waals surface area contributed by atoms with E-state index >= 15 is 0 Å². The minimum absolute atomic E-state index is 0.0588. The van der Waals surface area contributed by atoms with E-state index in [0.717, 1.165) is 18.4 Å². The van der Waals surface area contributed by atoms with Crippen LogP contribution in [0.3, 0.4) is 0 Å². The number of benzene rings is 1. The van der Waals surface area contributed by atoms with E-state index < -0.39 is 4.92 Å². The summed E-state index contributed by atoms with van der Waals surface area (Å²) in [6, 6.07) is 6.61. The summed E-state index contributed by atoms with van der Waals surface area (Å²) in [4.78, 5) is 23.5. The second kappa shape index (κ2) is 4.26. The molecule has 0 N–H and O–H groups in total. The van der Waals surface area contributed by atoms with E-state index in [4.69, 9.17) is 0 Å². The van der Waals surface area contributed by atoms with Crippen LogP contribution in [-0.4, -0.2) is 10.7 Å². The third-order valence-electron chi connectivity index (χ3n) is 5.81. The Morgan fingerprint density at radius 2 is 1.95 bits per heavy atom. The summed E-state index contributed by atoms with van der Waals surface area (Å²) >= 11 is 0. The van der Waals surface area contributed by atoms with Crippen LogP contribution < -0.4 is 0 Å². The summed E-state index contributed by atoms with van der Waals surface area (Å²) < 4.78 is 0. The number of para-hydroxylation sites is 1. The van der Waals surface area contributed by atoms with Crippen LogP contribution in [0.2, 0.25) is 0 Å². The fourth-order valence-corrected chi connectivity index (χ4v) is 4.04. The van der Waals surface area contributed by atoms with Crippen LogP contribution in [0.25, 0.3) is 6.08 Å². The third kappa shape index (κ3) is 1.71. The highest BCUT2D eigenvalue weighted by Gasteiger charge is 2.63. The van der Waals surface area contributed by atoms with E-state index in [9.17, 15) is 14.9 Å². The third-order valence-corrected chi connectivity index (χ3v) is 5.81. The van der Waals surface area contributed by atoms with Crippen LogP contribution in [0.4, 0.5) is 5.69 Å². The van der Waals surface area contributed by atoms with Gasteiger partial charge in [0.25, 0.3) is 5.69 Å². The molecule has 0 radical (unpaired) electrons. The van der Waals surface area contributed by atoms with Crippen LogP contribution in [0.15, 0.2) is 29.8 Å². The van der Waals surface area contributed by atoms with Crippen LogP contribution in [-0.2, 0) is 4.79 Å². The molecule has 0 heterocycles. The molecule has 0 aliphatic heterocycles. The fourth-order valence-electron chi connectivity index (χ4n) is 4.04. The normalized spacial score (nSPS) is 31.9. The lowest BCUT2D eigenvalue weighted by Gasteiger charge is -2.31. The van der Waals surface area contributed by atoms with Crippen LogP contribution in [0.5, 0.6) is 0 Å². The van der Waals surface area contributed by atoms with E-state index in [-0.39, 0.29) is 28.2 Å². The van der Waals surface area contributed by atoms with Gasteiger partial charge in [-0.2, -0.15) is 0 Å². The molecule has 2 aliphatic carbocycles. The van der Waals surface area contributed by atoms with Gasteiger partial charge in [0.15, 0.2) is 5.78 Å². The van der Waals surface area contributed by atoms with Crippen molar-refractivity contribution in [3.8, 4) is 0 Å². The van der Waals surface area contributed by atoms with Crippen LogP contribution in [0, 0.1) is 26.9 Å². The first-order chi connectivity index (χ1) is 9.79. The Hall–Kier alpha value is -1.97. The molecular weight excluding hydrogens is 266 g/mol. The van der Waals surface area contributed by atoms with Gasteiger partial charge in [-0.05, 0) is 36.3 Å². The molecule has 0 saturated heterocycles. The number of carbonyl (C=O) groups excluding carboxylic acids is 1. The predicted octanol–water partition coefficient (Wildman–Crippen LogP) is 4.00. The molecule has 110 valence electrons. The van der Waals surface area contributed by atoms with Crippen LogP contribution >= 0.6 is 0 Å². The molecular formula is C17H19NO3. The number of Topliss-reactive ketones (excluding diaryl/α,β-unsaturated/α-hetero) is 1. The Bertz CT molecular complexity index is 674. The lowest BCUT2D eigenvalue weighted by atomic mass is 9.70. The second-order valence-electron chi connectivity index (χ2n) is 6.89. The van der Waals surface area contributed by atoms with E-state index in [1.54, 1.807) is 24.3 Å². The van der Waals surface area contributed by atoms with Gasteiger partial charge in [0.1, 0.15) is 0 Å². The monoisotopic (exact) mass is 285 g/mol. The highest BCUT2D eigenvalue weighted by Crippen LogP contribution is 2.65. The van der Waals surface area contributed by atoms with Crippen molar-refractivity contribution in [3.05, 3.63) is 45.5 Å². The molecule has 2 saturated carbocycles. The van der Waals surface area contributed by atoms with Gasteiger partial charge in [-0.15, -0.1) is 0 Å². The van der Waals surface area contributed by atoms with Gasteiger partial charge in [-0.1, -0.05) is 32.9 Å². The first-order valence-electron chi connectivity index (χ1n) is 7.29. The second-order valence-corrected chi connectivity index (χ2v) is 6.89. The van der Waals surface area contributed by atoms with Crippen molar-refractivity contribution in [1.82, 2.24) is 0 Å². The Kier molecular flexibility index (Phi) is 2.84. The van der Waals surface area contributed by atoms with Gasteiger partial charge < -0.3 is 0 Å². The average Bonchev–Trinajstić information content (AvgIpc) is 2.73. The minimum Gasteiger partial charge on any atom is -0.294 e. The Balaban J connectivity index is 2.11. The smallest absolute Gasteiger partial charge is 0.276 e. The number of nitrogens with zero attached hydrogens (tertiary/aromatic N) is 1. The summed E-state index contributed by atoms with van der Waals surface area (Å²) in [5, 5.41) is 11.1. The van der Waals surface area contributed by atoms with Crippen molar-refractivity contribution < 1.29 is 9.72 Å². The number of rotatable bonds is 2. The molecule has 21 heavy (non-hydrogen) atoms. The van der Waals surface area contributed by atoms with Crippen molar-refractivity contribution in [2.75, 3.05) is 0 Å². The summed E-state index contributed by atoms with van der Waals surface area (Å²) in [6.45, 7) is 6.32. The summed E-state index contributed by atoms with van der Waals surface area (Å²) in [5.41, 5.74) is 0.955. The lowest BCUT2D eigenvalue weighted by Crippen LogP contribution is -2.32. The SMILES string of the molecule is CC12CCC(C(=Cc3ccccc3[N+](=O)[O-])C1=O)C2(C)C. The molecule has 1 aromatic rings. The molecule has 4 nitrogen and oxygen atoms in total. The maximum atomic E-state index is 12.8. The number of nitro groups is 1. The predicted molar refractivity (Wildman–Crippen MR) is 80.7 cm³/mol. The molecule has 2 aliphatic rings. The number of hydrogen-bond donors (Lipinski definition) is 0. The standard InChI is InChI=1S/C17H19NO3/c1-16(2)13-8-9-17(16,3)15(19)12(13)10-11-6-4-5-7-14(11)18(20)21/h4-7,10,13H,8-9H2,1-3H3. The van der Waals surface area contributed by atoms with Gasteiger partial charge in [0, 0.05) is 17.1 Å². The van der Waals surface area contributed by atoms with Crippen molar-refractivity contribution >= 4 is 17.5 Å². The number of nitro benzene ring substituents is 1. The molecule has 1 aromatic carbocycles. The number of allylic oxidation sites excluding steroid dienone is 1. The van der Waals surface area contributed by atoms with Gasteiger partial charge in [-0.3, -0.25) is 14.9 Å². The van der Waals surface area contributed by atoms with Crippen molar-refractivity contribution in [2.45, 2.75) is 33.6 Å². The average molecular weight is 285 g/mol. The Morgan fingerprint density at radius 1 is 1.29 bits per heavy atom. The van der Waals surface area contributed by atoms with E-state index in [2.05, 4.69) is 13.8 Å². The molecule has 3 rings (SSSR count). The number of hydrogen-bond acceptors (Lipinski definition) is 3. The van der Waals surface area contributed by atoms with Gasteiger partial charge in [0.2, 0.25) is 0 Å². The van der Waals surface area contributed by atoms with E-state index in [0.29, 0.717) is 5.56 Å². The zero-order valence-corrected chi connectivity index (χ0v) is 12.6. The zero-order chi connectivity index (χ0) is 15.4. The summed E-state index contributed by atoms with van der Waals surface area (Å²) in [5.74, 6) is 0.372. The molecule has 2 bridgehead atoms. The maximum Gasteiger partial charge on any atom is 0.276 e. The van der Waals surface area contributed by atoms with Gasteiger partial charge >= 0.3 is 0 Å². The van der Waals surface area contributed by atoms with Crippen molar-refractivity contribution in [3.63, 3.8) is 0 Å². The van der Waals surface area contributed by atoms with Crippen LogP contribution in [0.1, 0.15) is 39.2 Å². The quantitative estimate of drug-likeness (QED) is 0.468. The first kappa shape index (κ1) is 14.0. The Morgan fingerprint density at radius 3 is 2.52 bits per heavy atom. The minimum atomic E-state index is -0.392. The van der Waals surface area contributed by atoms with Gasteiger partial charge in [-0.25, -0.2) is 0 Å². The number of fused-ring (bicyclic) bond motifs is 2. The lowest BCUT2D eigenvalue weighted by molar-refractivity contribution is -0.385. The van der Waals surface area contributed by atoms with E-state index in [1.807, 2.05) is 6.92 Å². The highest BCUT2D eigenvalue weighted by molar-refractivity contribution is 6.08. The topological polar surface area (TPSA) is 60.2 Å². The highest BCUT2D eigenvalue weighted by atomic mass is 16.6. The molecule has 4 heteroatoms. The maximum absolute atomic E-state index is 12.8. The van der Waals surface area contributed by atoms with Crippen molar-refractivity contribution in [1.29, 1.82) is 0 Å². The van der Waals surface area contributed by atoms with Crippen molar-refractivity contribution in [2.24, 2.45) is 16.7 Å². The van der Waals surface area contributed by atoms with Gasteiger partial charge in [0.05, 0.1) is 10.5 Å². The zero-order valence-electron chi connectivity index (χ0n) is 12.6. The summed E-state index contributed by atoms with van der Waals surface area (Å²) in [7, 11) is 0. The molecule has 2 unspecified atom stereocenters. The molecule has 0 spiro atoms. The Labute approximate surface area is 124 Å². The van der Waals surface area contributed by atoms with E-state index in [1.165, 1.54) is 6.07 Å². The largest absolute Gasteiger partial charge is 0.294 e. The number of ketones is 1.